The van der Waals surface area contributed by atoms with Gasteiger partial charge in [-0.2, -0.15) is 0 Å². The maximum atomic E-state index is 12.8. The summed E-state index contributed by atoms with van der Waals surface area (Å²) in [5.74, 6) is -3.25. The minimum Gasteiger partial charge on any atom is -0.481 e. The zero-order valence-corrected chi connectivity index (χ0v) is 14.4. The van der Waals surface area contributed by atoms with Crippen LogP contribution >= 0.6 is 11.6 Å². The predicted molar refractivity (Wildman–Crippen MR) is 93.4 cm³/mol. The van der Waals surface area contributed by atoms with Crippen molar-refractivity contribution in [3.63, 3.8) is 0 Å². The number of hydrogen-bond acceptors (Lipinski definition) is 3. The molecule has 0 spiro atoms. The molecular weight excluding hydrogens is 344 g/mol. The highest BCUT2D eigenvalue weighted by atomic mass is 35.5. The molecule has 25 heavy (non-hydrogen) atoms. The first-order valence-corrected chi connectivity index (χ1v) is 8.60. The zero-order valence-electron chi connectivity index (χ0n) is 13.7. The van der Waals surface area contributed by atoms with Gasteiger partial charge in [0, 0.05) is 11.6 Å². The second-order valence-electron chi connectivity index (χ2n) is 6.38. The van der Waals surface area contributed by atoms with Crippen molar-refractivity contribution in [2.45, 2.75) is 13.3 Å². The molecule has 1 aromatic rings. The first kappa shape index (κ1) is 17.5. The molecule has 0 radical (unpaired) electrons. The minimum atomic E-state index is -0.966. The van der Waals surface area contributed by atoms with E-state index in [0.717, 1.165) is 0 Å². The van der Waals surface area contributed by atoms with Crippen LogP contribution in [0.5, 0.6) is 0 Å². The summed E-state index contributed by atoms with van der Waals surface area (Å²) < 4.78 is 0. The van der Waals surface area contributed by atoms with Crippen LogP contribution in [0.2, 0.25) is 5.02 Å². The summed E-state index contributed by atoms with van der Waals surface area (Å²) in [6.07, 6.45) is 4.47. The van der Waals surface area contributed by atoms with E-state index in [1.54, 1.807) is 19.1 Å². The van der Waals surface area contributed by atoms with Crippen LogP contribution in [-0.2, 0) is 9.59 Å². The van der Waals surface area contributed by atoms with Gasteiger partial charge < -0.3 is 15.7 Å². The third-order valence-electron chi connectivity index (χ3n) is 4.87. The van der Waals surface area contributed by atoms with Crippen LogP contribution in [-0.4, -0.2) is 29.4 Å². The highest BCUT2D eigenvalue weighted by molar-refractivity contribution is 6.31. The third-order valence-corrected chi connectivity index (χ3v) is 5.10. The summed E-state index contributed by atoms with van der Waals surface area (Å²) in [7, 11) is 0. The van der Waals surface area contributed by atoms with Crippen molar-refractivity contribution in [2.24, 2.45) is 23.7 Å². The van der Waals surface area contributed by atoms with E-state index in [2.05, 4.69) is 10.6 Å². The Morgan fingerprint density at radius 3 is 2.52 bits per heavy atom. The summed E-state index contributed by atoms with van der Waals surface area (Å²) in [6, 6.07) is 4.61. The Labute approximate surface area is 150 Å². The normalized spacial score (nSPS) is 26.5. The molecular formula is C18H19ClN2O4. The number of carboxylic acid groups (broad SMARTS) is 1. The van der Waals surface area contributed by atoms with E-state index < -0.39 is 23.7 Å². The summed E-state index contributed by atoms with van der Waals surface area (Å²) in [6.45, 7) is 2.25. The second-order valence-corrected chi connectivity index (χ2v) is 6.81. The van der Waals surface area contributed by atoms with Crippen molar-refractivity contribution in [1.82, 2.24) is 5.32 Å². The summed E-state index contributed by atoms with van der Waals surface area (Å²) in [5.41, 5.74) is 0.588. The lowest BCUT2D eigenvalue weighted by Gasteiger charge is -2.24. The Morgan fingerprint density at radius 1 is 1.20 bits per heavy atom. The van der Waals surface area contributed by atoms with Crippen molar-refractivity contribution < 1.29 is 19.5 Å². The van der Waals surface area contributed by atoms with Gasteiger partial charge in [-0.25, -0.2) is 0 Å². The molecule has 132 valence electrons. The van der Waals surface area contributed by atoms with Crippen LogP contribution in [0.15, 0.2) is 30.4 Å². The average Bonchev–Trinajstić information content (AvgIpc) is 3.16. The molecule has 4 unspecified atom stereocenters. The lowest BCUT2D eigenvalue weighted by molar-refractivity contribution is -0.146. The van der Waals surface area contributed by atoms with E-state index in [1.807, 2.05) is 12.2 Å². The van der Waals surface area contributed by atoms with Gasteiger partial charge in [-0.15, -0.1) is 0 Å². The molecule has 2 aliphatic carbocycles. The molecule has 3 rings (SSSR count). The maximum absolute atomic E-state index is 12.8. The Balaban J connectivity index is 1.86. The SMILES string of the molecule is CCNC(=O)c1ccc(Cl)cc1NC(=O)C1C2C=CC(C2)C1C(=O)O. The molecule has 0 aliphatic heterocycles. The highest BCUT2D eigenvalue weighted by Crippen LogP contribution is 2.48. The fourth-order valence-electron chi connectivity index (χ4n) is 3.81. The van der Waals surface area contributed by atoms with Crippen LogP contribution in [0.3, 0.4) is 0 Å². The Kier molecular flexibility index (Phi) is 4.81. The van der Waals surface area contributed by atoms with Crippen molar-refractivity contribution in [3.8, 4) is 0 Å². The first-order chi connectivity index (χ1) is 11.9. The lowest BCUT2D eigenvalue weighted by atomic mass is 9.82. The Hall–Kier alpha value is -2.34. The number of anilines is 1. The van der Waals surface area contributed by atoms with Crippen LogP contribution in [0, 0.1) is 23.7 Å². The number of allylic oxidation sites excluding steroid dienone is 2. The number of carbonyl (C=O) groups excluding carboxylic acids is 2. The van der Waals surface area contributed by atoms with Gasteiger partial charge in [-0.1, -0.05) is 23.8 Å². The summed E-state index contributed by atoms with van der Waals surface area (Å²) >= 11 is 6.00. The monoisotopic (exact) mass is 362 g/mol. The number of aliphatic carboxylic acids is 1. The number of carboxylic acids is 1. The fourth-order valence-corrected chi connectivity index (χ4v) is 3.98. The number of nitrogens with one attached hydrogen (secondary N) is 2. The Morgan fingerprint density at radius 2 is 1.88 bits per heavy atom. The number of carbonyl (C=O) groups is 3. The molecule has 1 saturated carbocycles. The number of halogens is 1. The molecule has 1 aromatic carbocycles. The van der Waals surface area contributed by atoms with Gasteiger partial charge in [-0.3, -0.25) is 14.4 Å². The predicted octanol–water partition coefficient (Wildman–Crippen LogP) is 2.55. The molecule has 2 amide bonds. The van der Waals surface area contributed by atoms with Crippen LogP contribution in [0.4, 0.5) is 5.69 Å². The fraction of sp³-hybridized carbons (Fsp3) is 0.389. The molecule has 7 heteroatoms. The van der Waals surface area contributed by atoms with E-state index >= 15 is 0 Å². The minimum absolute atomic E-state index is 0.0850. The molecule has 2 bridgehead atoms. The van der Waals surface area contributed by atoms with Gasteiger partial charge in [0.15, 0.2) is 0 Å². The van der Waals surface area contributed by atoms with Crippen molar-refractivity contribution in [2.75, 3.05) is 11.9 Å². The smallest absolute Gasteiger partial charge is 0.307 e. The van der Waals surface area contributed by atoms with E-state index in [4.69, 9.17) is 11.6 Å². The molecule has 1 fully saturated rings. The number of hydrogen-bond donors (Lipinski definition) is 3. The van der Waals surface area contributed by atoms with E-state index in [1.165, 1.54) is 6.07 Å². The van der Waals surface area contributed by atoms with E-state index in [9.17, 15) is 19.5 Å². The lowest BCUT2D eigenvalue weighted by Crippen LogP contribution is -2.37. The van der Waals surface area contributed by atoms with E-state index in [-0.39, 0.29) is 17.7 Å². The van der Waals surface area contributed by atoms with Crippen molar-refractivity contribution in [3.05, 3.63) is 40.9 Å². The van der Waals surface area contributed by atoms with Gasteiger partial charge in [0.05, 0.1) is 23.1 Å². The van der Waals surface area contributed by atoms with Gasteiger partial charge in [0.1, 0.15) is 0 Å². The second kappa shape index (κ2) is 6.88. The number of benzene rings is 1. The molecule has 0 heterocycles. The summed E-state index contributed by atoms with van der Waals surface area (Å²) in [5, 5.41) is 15.3. The molecule has 4 atom stereocenters. The number of rotatable bonds is 5. The number of amides is 2. The molecule has 6 nitrogen and oxygen atoms in total. The van der Waals surface area contributed by atoms with Gasteiger partial charge >= 0.3 is 5.97 Å². The van der Waals surface area contributed by atoms with Gasteiger partial charge in [0.2, 0.25) is 5.91 Å². The first-order valence-electron chi connectivity index (χ1n) is 8.22. The number of fused-ring (bicyclic) bond motifs is 2. The van der Waals surface area contributed by atoms with Crippen LogP contribution in [0.25, 0.3) is 0 Å². The standard InChI is InChI=1S/C18H19ClN2O4/c1-2-20-16(22)12-6-5-11(19)8-13(12)21-17(23)14-9-3-4-10(7-9)15(14)18(24)25/h3-6,8-10,14-15H,2,7H2,1H3,(H,20,22)(H,21,23)(H,24,25). The van der Waals surface area contributed by atoms with Gasteiger partial charge in [-0.05, 0) is 43.4 Å². The van der Waals surface area contributed by atoms with Crippen molar-refractivity contribution >= 4 is 35.1 Å². The van der Waals surface area contributed by atoms with E-state index in [0.29, 0.717) is 29.2 Å². The molecule has 0 aromatic heterocycles. The van der Waals surface area contributed by atoms with Crippen molar-refractivity contribution in [1.29, 1.82) is 0 Å². The molecule has 0 saturated heterocycles. The molecule has 3 N–H and O–H groups in total. The molecule has 2 aliphatic rings. The maximum Gasteiger partial charge on any atom is 0.307 e. The highest BCUT2D eigenvalue weighted by Gasteiger charge is 2.51. The Bertz CT molecular complexity index is 761. The van der Waals surface area contributed by atoms with Crippen LogP contribution < -0.4 is 10.6 Å². The zero-order chi connectivity index (χ0) is 18.1. The summed E-state index contributed by atoms with van der Waals surface area (Å²) in [4.78, 5) is 36.5. The quantitative estimate of drug-likeness (QED) is 0.701. The average molecular weight is 363 g/mol. The third kappa shape index (κ3) is 3.26. The van der Waals surface area contributed by atoms with Gasteiger partial charge in [0.25, 0.3) is 5.91 Å². The topological polar surface area (TPSA) is 95.5 Å². The van der Waals surface area contributed by atoms with Crippen LogP contribution in [0.1, 0.15) is 23.7 Å². The largest absolute Gasteiger partial charge is 0.481 e.